The number of carbonyl (C=O) groups is 1. The van der Waals surface area contributed by atoms with Gasteiger partial charge in [0, 0.05) is 38.0 Å². The van der Waals surface area contributed by atoms with E-state index in [-0.39, 0.29) is 17.6 Å². The van der Waals surface area contributed by atoms with Crippen LogP contribution >= 0.6 is 0 Å². The minimum Gasteiger partial charge on any atom is -0.497 e. The number of ether oxygens (including phenoxy) is 3. The zero-order valence-electron chi connectivity index (χ0n) is 21.5. The predicted octanol–water partition coefficient (Wildman–Crippen LogP) is 2.94. The van der Waals surface area contributed by atoms with E-state index in [1.807, 2.05) is 50.8 Å². The highest BCUT2D eigenvalue weighted by molar-refractivity contribution is 5.94. The molecule has 35 heavy (non-hydrogen) atoms. The second kappa shape index (κ2) is 11.2. The SMILES string of the molecule is CCOC(=O)c1cn(Cc2ccc(OC)cc2OC)c2nc(N(C)CCN(C)C)cc(C)c2c1=O. The maximum atomic E-state index is 13.4. The number of aromatic nitrogens is 2. The average molecular weight is 483 g/mol. The van der Waals surface area contributed by atoms with Gasteiger partial charge in [0.2, 0.25) is 5.43 Å². The van der Waals surface area contributed by atoms with E-state index >= 15 is 0 Å². The Morgan fingerprint density at radius 2 is 1.83 bits per heavy atom. The van der Waals surface area contributed by atoms with Crippen molar-refractivity contribution in [3.05, 3.63) is 57.4 Å². The summed E-state index contributed by atoms with van der Waals surface area (Å²) in [5, 5.41) is 0.396. The van der Waals surface area contributed by atoms with Gasteiger partial charge in [-0.2, -0.15) is 0 Å². The Morgan fingerprint density at radius 3 is 2.46 bits per heavy atom. The summed E-state index contributed by atoms with van der Waals surface area (Å²) in [6.45, 7) is 5.70. The molecule has 2 aromatic heterocycles. The number of carbonyl (C=O) groups excluding carboxylic acids is 1. The molecule has 9 heteroatoms. The van der Waals surface area contributed by atoms with Crippen LogP contribution in [0.3, 0.4) is 0 Å². The number of likely N-dealkylation sites (N-methyl/N-ethyl adjacent to an activating group) is 2. The fraction of sp³-hybridized carbons (Fsp3) is 0.423. The number of aryl methyl sites for hydroxylation is 1. The van der Waals surface area contributed by atoms with Gasteiger partial charge in [-0.15, -0.1) is 0 Å². The second-order valence-electron chi connectivity index (χ2n) is 8.62. The topological polar surface area (TPSA) is 86.1 Å². The van der Waals surface area contributed by atoms with E-state index in [1.165, 1.54) is 6.20 Å². The van der Waals surface area contributed by atoms with E-state index in [9.17, 15) is 9.59 Å². The molecule has 2 heterocycles. The van der Waals surface area contributed by atoms with Crippen molar-refractivity contribution in [1.82, 2.24) is 14.5 Å². The van der Waals surface area contributed by atoms with Crippen molar-refractivity contribution in [3.63, 3.8) is 0 Å². The van der Waals surface area contributed by atoms with Crippen molar-refractivity contribution in [1.29, 1.82) is 0 Å². The van der Waals surface area contributed by atoms with Gasteiger partial charge in [-0.3, -0.25) is 4.79 Å². The first-order chi connectivity index (χ1) is 16.7. The minimum absolute atomic E-state index is 0.0227. The Hall–Kier alpha value is -3.59. The molecule has 0 aliphatic carbocycles. The van der Waals surface area contributed by atoms with Crippen LogP contribution in [0.5, 0.6) is 11.5 Å². The normalized spacial score (nSPS) is 11.1. The van der Waals surface area contributed by atoms with Crippen LogP contribution in [0, 0.1) is 6.92 Å². The zero-order chi connectivity index (χ0) is 25.7. The minimum atomic E-state index is -0.651. The number of rotatable bonds is 10. The number of pyridine rings is 2. The summed E-state index contributed by atoms with van der Waals surface area (Å²) in [7, 11) is 9.19. The lowest BCUT2D eigenvalue weighted by Gasteiger charge is -2.22. The second-order valence-corrected chi connectivity index (χ2v) is 8.62. The van der Waals surface area contributed by atoms with E-state index < -0.39 is 5.97 Å². The van der Waals surface area contributed by atoms with Crippen LogP contribution in [0.4, 0.5) is 5.82 Å². The quantitative estimate of drug-likeness (QED) is 0.408. The number of anilines is 1. The van der Waals surface area contributed by atoms with Crippen molar-refractivity contribution in [2.45, 2.75) is 20.4 Å². The van der Waals surface area contributed by atoms with Crippen molar-refractivity contribution < 1.29 is 19.0 Å². The van der Waals surface area contributed by atoms with Gasteiger partial charge in [-0.05, 0) is 51.7 Å². The monoisotopic (exact) mass is 482 g/mol. The number of nitrogens with zero attached hydrogens (tertiary/aromatic N) is 4. The van der Waals surface area contributed by atoms with Crippen LogP contribution in [0.2, 0.25) is 0 Å². The summed E-state index contributed by atoms with van der Waals surface area (Å²) in [6, 6.07) is 7.41. The van der Waals surface area contributed by atoms with E-state index in [4.69, 9.17) is 19.2 Å². The van der Waals surface area contributed by atoms with Gasteiger partial charge < -0.3 is 28.6 Å². The van der Waals surface area contributed by atoms with Crippen LogP contribution in [0.1, 0.15) is 28.4 Å². The van der Waals surface area contributed by atoms with Gasteiger partial charge >= 0.3 is 5.97 Å². The molecule has 0 spiro atoms. The van der Waals surface area contributed by atoms with Crippen LogP contribution in [0.25, 0.3) is 11.0 Å². The van der Waals surface area contributed by atoms with Crippen LogP contribution in [-0.4, -0.2) is 75.5 Å². The number of hydrogen-bond donors (Lipinski definition) is 0. The number of methoxy groups -OCH3 is 2. The number of fused-ring (bicyclic) bond motifs is 1. The molecule has 0 amide bonds. The number of hydrogen-bond acceptors (Lipinski definition) is 8. The van der Waals surface area contributed by atoms with Crippen molar-refractivity contribution in [2.75, 3.05) is 60.0 Å². The summed E-state index contributed by atoms with van der Waals surface area (Å²) in [5.41, 5.74) is 1.68. The van der Waals surface area contributed by atoms with Gasteiger partial charge in [0.05, 0.1) is 32.8 Å². The van der Waals surface area contributed by atoms with Crippen molar-refractivity contribution in [2.24, 2.45) is 0 Å². The van der Waals surface area contributed by atoms with E-state index in [0.29, 0.717) is 29.1 Å². The third-order valence-corrected chi connectivity index (χ3v) is 5.82. The van der Waals surface area contributed by atoms with Crippen molar-refractivity contribution >= 4 is 22.8 Å². The Balaban J connectivity index is 2.22. The molecule has 0 fully saturated rings. The zero-order valence-corrected chi connectivity index (χ0v) is 21.5. The van der Waals surface area contributed by atoms with Gasteiger partial charge in [-0.25, -0.2) is 9.78 Å². The highest BCUT2D eigenvalue weighted by atomic mass is 16.5. The Morgan fingerprint density at radius 1 is 1.09 bits per heavy atom. The van der Waals surface area contributed by atoms with Crippen LogP contribution < -0.4 is 19.8 Å². The molecule has 188 valence electrons. The van der Waals surface area contributed by atoms with Gasteiger partial charge in [-0.1, -0.05) is 0 Å². The average Bonchev–Trinajstić information content (AvgIpc) is 2.83. The molecule has 0 saturated carbocycles. The molecule has 0 aliphatic heterocycles. The molecular weight excluding hydrogens is 448 g/mol. The van der Waals surface area contributed by atoms with E-state index in [1.54, 1.807) is 27.2 Å². The molecule has 0 N–H and O–H groups in total. The van der Waals surface area contributed by atoms with E-state index in [0.717, 1.165) is 30.0 Å². The first-order valence-corrected chi connectivity index (χ1v) is 11.5. The molecule has 0 saturated heterocycles. The standard InChI is InChI=1S/C26H34N4O5/c1-8-35-26(32)20-16-30(15-18-9-10-19(33-6)14-21(18)34-7)25-23(24(20)31)17(2)13-22(27-25)29(5)12-11-28(3)4/h9-10,13-14,16H,8,11-12,15H2,1-7H3. The fourth-order valence-corrected chi connectivity index (χ4v) is 3.84. The molecule has 0 radical (unpaired) electrons. The smallest absolute Gasteiger partial charge is 0.343 e. The Bertz CT molecular complexity index is 1270. The molecule has 9 nitrogen and oxygen atoms in total. The lowest BCUT2D eigenvalue weighted by Crippen LogP contribution is -2.29. The molecule has 0 atom stereocenters. The first kappa shape index (κ1) is 26.0. The molecule has 3 aromatic rings. The highest BCUT2D eigenvalue weighted by Gasteiger charge is 2.21. The largest absolute Gasteiger partial charge is 0.497 e. The van der Waals surface area contributed by atoms with Crippen molar-refractivity contribution in [3.8, 4) is 11.5 Å². The van der Waals surface area contributed by atoms with E-state index in [2.05, 4.69) is 9.80 Å². The Kier molecular flexibility index (Phi) is 8.34. The lowest BCUT2D eigenvalue weighted by molar-refractivity contribution is 0.0524. The molecule has 0 aliphatic rings. The van der Waals surface area contributed by atoms with Gasteiger partial charge in [0.15, 0.2) is 0 Å². The third-order valence-electron chi connectivity index (χ3n) is 5.82. The lowest BCUT2D eigenvalue weighted by atomic mass is 10.1. The molecule has 1 aromatic carbocycles. The molecule has 0 unspecified atom stereocenters. The fourth-order valence-electron chi connectivity index (χ4n) is 3.84. The summed E-state index contributed by atoms with van der Waals surface area (Å²) < 4.78 is 17.9. The summed E-state index contributed by atoms with van der Waals surface area (Å²) in [5.74, 6) is 1.39. The third kappa shape index (κ3) is 5.74. The molecular formula is C26H34N4O5. The van der Waals surface area contributed by atoms with Crippen LogP contribution in [-0.2, 0) is 11.3 Å². The maximum Gasteiger partial charge on any atom is 0.343 e. The van der Waals surface area contributed by atoms with Gasteiger partial charge in [0.1, 0.15) is 28.5 Å². The maximum absolute atomic E-state index is 13.4. The summed E-state index contributed by atoms with van der Waals surface area (Å²) in [6.07, 6.45) is 1.53. The Labute approximate surface area is 205 Å². The summed E-state index contributed by atoms with van der Waals surface area (Å²) >= 11 is 0. The predicted molar refractivity (Wildman–Crippen MR) is 137 cm³/mol. The van der Waals surface area contributed by atoms with Gasteiger partial charge in [0.25, 0.3) is 0 Å². The highest BCUT2D eigenvalue weighted by Crippen LogP contribution is 2.27. The number of benzene rings is 1. The number of esters is 1. The molecule has 3 rings (SSSR count). The summed E-state index contributed by atoms with van der Waals surface area (Å²) in [4.78, 5) is 35.0. The van der Waals surface area contributed by atoms with Crippen LogP contribution in [0.15, 0.2) is 35.3 Å². The first-order valence-electron chi connectivity index (χ1n) is 11.5. The molecule has 0 bridgehead atoms.